The molecule has 3 aromatic rings. The molecule has 6 heteroatoms. The highest BCUT2D eigenvalue weighted by Gasteiger charge is 2.14. The summed E-state index contributed by atoms with van der Waals surface area (Å²) in [5, 5.41) is 14.7. The number of ether oxygens (including phenoxy) is 2. The highest BCUT2D eigenvalue weighted by molar-refractivity contribution is 6.32. The van der Waals surface area contributed by atoms with Gasteiger partial charge >= 0.3 is 0 Å². The monoisotopic (exact) mass is 445 g/mol. The van der Waals surface area contributed by atoms with Gasteiger partial charge in [-0.2, -0.15) is 0 Å². The molecule has 0 saturated heterocycles. The normalized spacial score (nSPS) is 11.9. The van der Waals surface area contributed by atoms with E-state index in [1.165, 1.54) is 0 Å². The number of benzene rings is 3. The Hall–Kier alpha value is -2.24. The second kappa shape index (κ2) is 11.2. The van der Waals surface area contributed by atoms with E-state index >= 15 is 0 Å². The van der Waals surface area contributed by atoms with Crippen LogP contribution in [-0.4, -0.2) is 18.3 Å². The molecular weight excluding hydrogens is 421 g/mol. The molecule has 0 amide bonds. The number of aliphatic hydroxyl groups excluding tert-OH is 1. The van der Waals surface area contributed by atoms with E-state index in [0.29, 0.717) is 47.8 Å². The van der Waals surface area contributed by atoms with Crippen LogP contribution in [0.15, 0.2) is 66.7 Å². The van der Waals surface area contributed by atoms with Gasteiger partial charge in [-0.05, 0) is 36.2 Å². The van der Waals surface area contributed by atoms with E-state index in [9.17, 15) is 5.11 Å². The molecule has 4 nitrogen and oxygen atoms in total. The Labute approximate surface area is 187 Å². The zero-order chi connectivity index (χ0) is 21.3. The van der Waals surface area contributed by atoms with Gasteiger partial charge in [-0.15, -0.1) is 0 Å². The quantitative estimate of drug-likeness (QED) is 0.414. The summed E-state index contributed by atoms with van der Waals surface area (Å²) in [6, 6.07) is 20.8. The van der Waals surface area contributed by atoms with Crippen molar-refractivity contribution in [3.05, 3.63) is 93.5 Å². The van der Waals surface area contributed by atoms with Crippen LogP contribution in [-0.2, 0) is 13.2 Å². The first-order chi connectivity index (χ1) is 14.6. The summed E-state index contributed by atoms with van der Waals surface area (Å²) >= 11 is 12.7. The molecule has 0 aliphatic heterocycles. The topological polar surface area (TPSA) is 50.7 Å². The third-order valence-corrected chi connectivity index (χ3v) is 5.20. The predicted octanol–water partition coefficient (Wildman–Crippen LogP) is 5.79. The molecule has 3 rings (SSSR count). The fraction of sp³-hybridized carbons (Fsp3) is 0.250. The Kier molecular flexibility index (Phi) is 8.40. The lowest BCUT2D eigenvalue weighted by Gasteiger charge is -2.17. The summed E-state index contributed by atoms with van der Waals surface area (Å²) in [4.78, 5) is 0. The van der Waals surface area contributed by atoms with Crippen molar-refractivity contribution in [3.63, 3.8) is 0 Å². The molecule has 0 aliphatic carbocycles. The largest absolute Gasteiger partial charge is 0.490 e. The van der Waals surface area contributed by atoms with Gasteiger partial charge in [0.05, 0.1) is 17.7 Å². The molecule has 158 valence electrons. The predicted molar refractivity (Wildman–Crippen MR) is 122 cm³/mol. The third-order valence-electron chi connectivity index (χ3n) is 4.55. The lowest BCUT2D eigenvalue weighted by atomic mass is 10.1. The summed E-state index contributed by atoms with van der Waals surface area (Å²) in [5.41, 5.74) is 2.69. The number of halogens is 2. The third kappa shape index (κ3) is 6.13. The molecule has 0 unspecified atom stereocenters. The number of nitrogens with one attached hydrogen (secondary N) is 1. The molecule has 30 heavy (non-hydrogen) atoms. The second-order valence-electron chi connectivity index (χ2n) is 6.78. The number of aliphatic hydroxyl groups is 1. The summed E-state index contributed by atoms with van der Waals surface area (Å²) in [6.45, 7) is 3.65. The van der Waals surface area contributed by atoms with E-state index in [4.69, 9.17) is 32.7 Å². The van der Waals surface area contributed by atoms with Crippen molar-refractivity contribution in [3.8, 4) is 11.5 Å². The molecule has 0 aromatic heterocycles. The molecule has 0 saturated carbocycles. The van der Waals surface area contributed by atoms with Crippen LogP contribution in [0.4, 0.5) is 0 Å². The average Bonchev–Trinajstić information content (AvgIpc) is 2.75. The maximum absolute atomic E-state index is 10.3. The van der Waals surface area contributed by atoms with Crippen molar-refractivity contribution in [1.29, 1.82) is 0 Å². The van der Waals surface area contributed by atoms with Crippen LogP contribution < -0.4 is 14.8 Å². The Morgan fingerprint density at radius 2 is 1.67 bits per heavy atom. The Balaban J connectivity index is 1.65. The molecule has 0 spiro atoms. The molecule has 0 fully saturated rings. The van der Waals surface area contributed by atoms with E-state index in [0.717, 1.165) is 16.7 Å². The molecular formula is C24H25Cl2NO3. The van der Waals surface area contributed by atoms with E-state index in [1.54, 1.807) is 0 Å². The highest BCUT2D eigenvalue weighted by Crippen LogP contribution is 2.37. The maximum atomic E-state index is 10.3. The van der Waals surface area contributed by atoms with Crippen LogP contribution in [0.5, 0.6) is 11.5 Å². The van der Waals surface area contributed by atoms with Crippen molar-refractivity contribution in [2.45, 2.75) is 26.2 Å². The summed E-state index contributed by atoms with van der Waals surface area (Å²) in [7, 11) is 0. The van der Waals surface area contributed by atoms with Crippen LogP contribution in [0, 0.1) is 0 Å². The fourth-order valence-corrected chi connectivity index (χ4v) is 3.52. The average molecular weight is 446 g/mol. The van der Waals surface area contributed by atoms with Crippen molar-refractivity contribution < 1.29 is 14.6 Å². The zero-order valence-corrected chi connectivity index (χ0v) is 18.3. The molecule has 1 atom stereocenters. The van der Waals surface area contributed by atoms with E-state index in [1.807, 2.05) is 73.7 Å². The van der Waals surface area contributed by atoms with Crippen LogP contribution in [0.3, 0.4) is 0 Å². The highest BCUT2D eigenvalue weighted by atomic mass is 35.5. The molecule has 0 heterocycles. The van der Waals surface area contributed by atoms with Crippen LogP contribution in [0.2, 0.25) is 10.0 Å². The first-order valence-electron chi connectivity index (χ1n) is 9.83. The Morgan fingerprint density at radius 1 is 0.933 bits per heavy atom. The van der Waals surface area contributed by atoms with Crippen molar-refractivity contribution in [2.75, 3.05) is 13.2 Å². The summed E-state index contributed by atoms with van der Waals surface area (Å²) in [5.74, 6) is 1.07. The number of hydrogen-bond donors (Lipinski definition) is 2. The van der Waals surface area contributed by atoms with Gasteiger partial charge in [0.25, 0.3) is 0 Å². The SMILES string of the molecule is CCOc1cc(CNC[C@@H](O)c2ccccc2)cc(Cl)c1OCc1ccccc1Cl. The van der Waals surface area contributed by atoms with E-state index < -0.39 is 6.10 Å². The Morgan fingerprint density at radius 3 is 2.40 bits per heavy atom. The van der Waals surface area contributed by atoms with Crippen LogP contribution in [0.25, 0.3) is 0 Å². The molecule has 2 N–H and O–H groups in total. The number of rotatable bonds is 10. The van der Waals surface area contributed by atoms with Crippen molar-refractivity contribution in [2.24, 2.45) is 0 Å². The van der Waals surface area contributed by atoms with Gasteiger partial charge in [0.1, 0.15) is 6.61 Å². The lowest BCUT2D eigenvalue weighted by molar-refractivity contribution is 0.174. The van der Waals surface area contributed by atoms with Gasteiger partial charge in [0, 0.05) is 23.7 Å². The lowest BCUT2D eigenvalue weighted by Crippen LogP contribution is -2.21. The maximum Gasteiger partial charge on any atom is 0.180 e. The van der Waals surface area contributed by atoms with Gasteiger partial charge in [0.2, 0.25) is 0 Å². The molecule has 0 bridgehead atoms. The molecule has 0 aliphatic rings. The van der Waals surface area contributed by atoms with Gasteiger partial charge in [-0.25, -0.2) is 0 Å². The standard InChI is InChI=1S/C24H25Cl2NO3/c1-2-29-23-13-17(14-27-15-22(28)18-8-4-3-5-9-18)12-21(26)24(23)30-16-19-10-6-7-11-20(19)25/h3-13,22,27-28H,2,14-16H2,1H3/t22-/m1/s1. The van der Waals surface area contributed by atoms with Gasteiger partial charge in [0.15, 0.2) is 11.5 Å². The van der Waals surface area contributed by atoms with Crippen LogP contribution >= 0.6 is 23.2 Å². The van der Waals surface area contributed by atoms with Crippen molar-refractivity contribution in [1.82, 2.24) is 5.32 Å². The molecule has 3 aromatic carbocycles. The molecule has 0 radical (unpaired) electrons. The second-order valence-corrected chi connectivity index (χ2v) is 7.59. The van der Waals surface area contributed by atoms with Crippen molar-refractivity contribution >= 4 is 23.2 Å². The van der Waals surface area contributed by atoms with Gasteiger partial charge in [-0.3, -0.25) is 0 Å². The zero-order valence-electron chi connectivity index (χ0n) is 16.8. The summed E-state index contributed by atoms with van der Waals surface area (Å²) in [6.07, 6.45) is -0.578. The summed E-state index contributed by atoms with van der Waals surface area (Å²) < 4.78 is 11.7. The van der Waals surface area contributed by atoms with Gasteiger partial charge < -0.3 is 19.9 Å². The first-order valence-corrected chi connectivity index (χ1v) is 10.6. The van der Waals surface area contributed by atoms with E-state index in [-0.39, 0.29) is 0 Å². The minimum Gasteiger partial charge on any atom is -0.490 e. The fourth-order valence-electron chi connectivity index (χ4n) is 3.04. The smallest absolute Gasteiger partial charge is 0.180 e. The minimum absolute atomic E-state index is 0.292. The Bertz CT molecular complexity index is 950. The first kappa shape index (κ1) is 22.4. The van der Waals surface area contributed by atoms with Gasteiger partial charge in [-0.1, -0.05) is 71.7 Å². The number of hydrogen-bond acceptors (Lipinski definition) is 4. The minimum atomic E-state index is -0.578. The van der Waals surface area contributed by atoms with Crippen LogP contribution in [0.1, 0.15) is 29.7 Å². The van der Waals surface area contributed by atoms with E-state index in [2.05, 4.69) is 5.32 Å².